The van der Waals surface area contributed by atoms with Gasteiger partial charge in [0, 0.05) is 36.6 Å². The summed E-state index contributed by atoms with van der Waals surface area (Å²) in [5.41, 5.74) is 0.972. The van der Waals surface area contributed by atoms with Crippen LogP contribution < -0.4 is 4.90 Å². The van der Waals surface area contributed by atoms with Crippen LogP contribution in [0.2, 0.25) is 0 Å². The first-order valence-corrected chi connectivity index (χ1v) is 9.48. The first-order valence-electron chi connectivity index (χ1n) is 8.49. The Hall–Kier alpha value is -1.53. The summed E-state index contributed by atoms with van der Waals surface area (Å²) in [6, 6.07) is 8.04. The van der Waals surface area contributed by atoms with Crippen molar-refractivity contribution >= 4 is 29.3 Å². The fourth-order valence-electron chi connectivity index (χ4n) is 3.17. The smallest absolute Gasteiger partial charge is 0.227 e. The van der Waals surface area contributed by atoms with Gasteiger partial charge < -0.3 is 14.5 Å². The van der Waals surface area contributed by atoms with Crippen molar-refractivity contribution in [2.75, 3.05) is 30.3 Å². The Morgan fingerprint density at radius 1 is 1.21 bits per heavy atom. The van der Waals surface area contributed by atoms with Gasteiger partial charge in [-0.05, 0) is 26.0 Å². The summed E-state index contributed by atoms with van der Waals surface area (Å²) in [5.74, 6) is 0.977. The third-order valence-corrected chi connectivity index (χ3v) is 5.55. The van der Waals surface area contributed by atoms with E-state index in [1.54, 1.807) is 11.8 Å². The molecular weight excluding hydrogens is 324 g/mol. The fourth-order valence-corrected chi connectivity index (χ4v) is 4.17. The molecule has 6 heteroatoms. The summed E-state index contributed by atoms with van der Waals surface area (Å²) in [6.07, 6.45) is 0.588. The number of hydrogen-bond acceptors (Lipinski definition) is 4. The summed E-state index contributed by atoms with van der Waals surface area (Å²) in [5, 5.41) is 0. The monoisotopic (exact) mass is 348 g/mol. The SMILES string of the molecule is C[C@H]1CN(C(=O)CCC(=O)N2CCSc3ccccc32)[C@@H](C)CO1. The first kappa shape index (κ1) is 17.3. The van der Waals surface area contributed by atoms with Crippen LogP contribution in [0.3, 0.4) is 0 Å². The van der Waals surface area contributed by atoms with Crippen LogP contribution in [0.15, 0.2) is 29.2 Å². The number of morpholine rings is 1. The highest BCUT2D eigenvalue weighted by molar-refractivity contribution is 7.99. The lowest BCUT2D eigenvalue weighted by Crippen LogP contribution is -2.50. The van der Waals surface area contributed by atoms with Crippen LogP contribution in [0.4, 0.5) is 5.69 Å². The number of hydrogen-bond donors (Lipinski definition) is 0. The quantitative estimate of drug-likeness (QED) is 0.842. The van der Waals surface area contributed by atoms with Crippen molar-refractivity contribution in [3.8, 4) is 0 Å². The molecule has 0 aliphatic carbocycles. The second-order valence-corrected chi connectivity index (χ2v) is 7.54. The summed E-state index contributed by atoms with van der Waals surface area (Å²) in [6.45, 7) is 5.85. The zero-order valence-electron chi connectivity index (χ0n) is 14.2. The number of thioether (sulfide) groups is 1. The van der Waals surface area contributed by atoms with Gasteiger partial charge in [-0.1, -0.05) is 12.1 Å². The standard InChI is InChI=1S/C18H24N2O3S/c1-13-12-23-14(2)11-20(13)18(22)8-7-17(21)19-9-10-24-16-6-4-3-5-15(16)19/h3-6,13-14H,7-12H2,1-2H3/t13-,14-/m0/s1. The minimum Gasteiger partial charge on any atom is -0.375 e. The number of ether oxygens (including phenoxy) is 1. The Labute approximate surface area is 147 Å². The maximum absolute atomic E-state index is 12.6. The zero-order chi connectivity index (χ0) is 17.1. The molecular formula is C18H24N2O3S. The number of carbonyl (C=O) groups is 2. The molecule has 5 nitrogen and oxygen atoms in total. The molecule has 2 amide bonds. The second kappa shape index (κ2) is 7.57. The highest BCUT2D eigenvalue weighted by Crippen LogP contribution is 2.34. The van der Waals surface area contributed by atoms with Gasteiger partial charge in [-0.3, -0.25) is 9.59 Å². The molecule has 3 rings (SSSR count). The number of para-hydroxylation sites is 1. The largest absolute Gasteiger partial charge is 0.375 e. The predicted octanol–water partition coefficient (Wildman–Crippen LogP) is 2.54. The fraction of sp³-hybridized carbons (Fsp3) is 0.556. The molecule has 2 heterocycles. The average Bonchev–Trinajstić information content (AvgIpc) is 2.61. The highest BCUT2D eigenvalue weighted by atomic mass is 32.2. The van der Waals surface area contributed by atoms with E-state index in [-0.39, 0.29) is 36.8 Å². The molecule has 1 saturated heterocycles. The number of nitrogens with zero attached hydrogens (tertiary/aromatic N) is 2. The van der Waals surface area contributed by atoms with Crippen molar-refractivity contribution in [3.05, 3.63) is 24.3 Å². The summed E-state index contributed by atoms with van der Waals surface area (Å²) < 4.78 is 5.56. The van der Waals surface area contributed by atoms with E-state index in [0.29, 0.717) is 19.7 Å². The van der Waals surface area contributed by atoms with E-state index in [1.165, 1.54) is 0 Å². The number of amides is 2. The molecule has 0 spiro atoms. The van der Waals surface area contributed by atoms with Crippen LogP contribution in [0.5, 0.6) is 0 Å². The predicted molar refractivity (Wildman–Crippen MR) is 95.3 cm³/mol. The molecule has 0 saturated carbocycles. The van der Waals surface area contributed by atoms with Crippen LogP contribution in [0.25, 0.3) is 0 Å². The van der Waals surface area contributed by atoms with Gasteiger partial charge in [0.25, 0.3) is 0 Å². The molecule has 0 radical (unpaired) electrons. The van der Waals surface area contributed by atoms with Crippen LogP contribution in [0.1, 0.15) is 26.7 Å². The number of carbonyl (C=O) groups excluding carboxylic acids is 2. The van der Waals surface area contributed by atoms with Crippen molar-refractivity contribution in [2.24, 2.45) is 0 Å². The maximum atomic E-state index is 12.6. The van der Waals surface area contributed by atoms with Crippen LogP contribution in [0, 0.1) is 0 Å². The molecule has 2 atom stereocenters. The molecule has 0 aromatic heterocycles. The maximum Gasteiger partial charge on any atom is 0.227 e. The molecule has 2 aliphatic rings. The van der Waals surface area contributed by atoms with E-state index in [1.807, 2.05) is 47.9 Å². The van der Waals surface area contributed by atoms with Crippen molar-refractivity contribution in [1.29, 1.82) is 0 Å². The molecule has 1 aromatic carbocycles. The van der Waals surface area contributed by atoms with Crippen molar-refractivity contribution < 1.29 is 14.3 Å². The molecule has 130 valence electrons. The van der Waals surface area contributed by atoms with E-state index in [4.69, 9.17) is 4.74 Å². The zero-order valence-corrected chi connectivity index (χ0v) is 15.1. The molecule has 2 aliphatic heterocycles. The number of fused-ring (bicyclic) bond motifs is 1. The normalized spacial score (nSPS) is 23.8. The third-order valence-electron chi connectivity index (χ3n) is 4.51. The van der Waals surface area contributed by atoms with E-state index in [0.717, 1.165) is 16.3 Å². The first-order chi connectivity index (χ1) is 11.6. The van der Waals surface area contributed by atoms with Gasteiger partial charge >= 0.3 is 0 Å². The van der Waals surface area contributed by atoms with Crippen molar-refractivity contribution in [1.82, 2.24) is 4.90 Å². The van der Waals surface area contributed by atoms with Gasteiger partial charge in [-0.15, -0.1) is 11.8 Å². The number of benzene rings is 1. The minimum atomic E-state index is 0.0325. The van der Waals surface area contributed by atoms with Gasteiger partial charge in [0.05, 0.1) is 24.4 Å². The van der Waals surface area contributed by atoms with E-state index in [9.17, 15) is 9.59 Å². The Balaban J connectivity index is 1.59. The summed E-state index contributed by atoms with van der Waals surface area (Å²) in [7, 11) is 0. The molecule has 24 heavy (non-hydrogen) atoms. The lowest BCUT2D eigenvalue weighted by molar-refractivity contribution is -0.144. The van der Waals surface area contributed by atoms with Gasteiger partial charge in [-0.2, -0.15) is 0 Å². The Morgan fingerprint density at radius 2 is 1.96 bits per heavy atom. The Morgan fingerprint density at radius 3 is 2.79 bits per heavy atom. The van der Waals surface area contributed by atoms with Gasteiger partial charge in [0.15, 0.2) is 0 Å². The van der Waals surface area contributed by atoms with E-state index in [2.05, 4.69) is 0 Å². The Kier molecular flexibility index (Phi) is 5.46. The summed E-state index contributed by atoms with van der Waals surface area (Å²) >= 11 is 1.77. The lowest BCUT2D eigenvalue weighted by atomic mass is 10.1. The summed E-state index contributed by atoms with van der Waals surface area (Å²) in [4.78, 5) is 29.9. The van der Waals surface area contributed by atoms with Crippen molar-refractivity contribution in [3.63, 3.8) is 0 Å². The van der Waals surface area contributed by atoms with Crippen LogP contribution >= 0.6 is 11.8 Å². The van der Waals surface area contributed by atoms with Crippen LogP contribution in [-0.2, 0) is 14.3 Å². The molecule has 0 unspecified atom stereocenters. The topological polar surface area (TPSA) is 49.9 Å². The number of anilines is 1. The molecule has 0 bridgehead atoms. The lowest BCUT2D eigenvalue weighted by Gasteiger charge is -2.37. The van der Waals surface area contributed by atoms with Crippen molar-refractivity contribution in [2.45, 2.75) is 43.7 Å². The van der Waals surface area contributed by atoms with Gasteiger partial charge in [-0.25, -0.2) is 0 Å². The van der Waals surface area contributed by atoms with Gasteiger partial charge in [0.2, 0.25) is 11.8 Å². The van der Waals surface area contributed by atoms with E-state index >= 15 is 0 Å². The molecule has 1 fully saturated rings. The highest BCUT2D eigenvalue weighted by Gasteiger charge is 2.29. The second-order valence-electron chi connectivity index (χ2n) is 6.40. The number of rotatable bonds is 3. The van der Waals surface area contributed by atoms with Gasteiger partial charge in [0.1, 0.15) is 0 Å². The van der Waals surface area contributed by atoms with E-state index < -0.39 is 0 Å². The molecule has 0 N–H and O–H groups in total. The third kappa shape index (κ3) is 3.75. The Bertz CT molecular complexity index is 622. The molecule has 1 aromatic rings. The van der Waals surface area contributed by atoms with Crippen LogP contribution in [-0.4, -0.2) is 54.3 Å². The average molecular weight is 348 g/mol. The minimum absolute atomic E-state index is 0.0325.